The van der Waals surface area contributed by atoms with E-state index in [1.807, 2.05) is 33.7 Å². The van der Waals surface area contributed by atoms with Gasteiger partial charge in [0.25, 0.3) is 0 Å². The fraction of sp³-hybridized carbons (Fsp3) is 0.500. The number of amides is 2. The molecule has 0 N–H and O–H groups in total. The third-order valence-electron chi connectivity index (χ3n) is 5.17. The van der Waals surface area contributed by atoms with E-state index in [4.69, 9.17) is 0 Å². The quantitative estimate of drug-likeness (QED) is 0.814. The van der Waals surface area contributed by atoms with E-state index in [1.165, 1.54) is 0 Å². The Bertz CT molecular complexity index is 761. The highest BCUT2D eigenvalue weighted by molar-refractivity contribution is 5.89. The number of aromatic nitrogens is 2. The van der Waals surface area contributed by atoms with E-state index in [0.717, 1.165) is 44.1 Å². The van der Waals surface area contributed by atoms with Crippen molar-refractivity contribution in [2.45, 2.75) is 13.0 Å². The number of carbonyl (C=O) groups is 2. The molecule has 7 heteroatoms. The van der Waals surface area contributed by atoms with Crippen LogP contribution in [0.25, 0.3) is 5.65 Å². The molecule has 132 valence electrons. The lowest BCUT2D eigenvalue weighted by molar-refractivity contribution is -0.137. The Labute approximate surface area is 146 Å². The van der Waals surface area contributed by atoms with Gasteiger partial charge in [0, 0.05) is 65.1 Å². The maximum Gasteiger partial charge on any atom is 0.228 e. The summed E-state index contributed by atoms with van der Waals surface area (Å²) >= 11 is 0. The summed E-state index contributed by atoms with van der Waals surface area (Å²) in [5.74, 6) is 0.0383. The minimum atomic E-state index is -0.164. The lowest BCUT2D eigenvalue weighted by Crippen LogP contribution is -2.50. The molecule has 7 nitrogen and oxygen atoms in total. The van der Waals surface area contributed by atoms with Crippen LogP contribution in [-0.2, 0) is 16.1 Å². The highest BCUT2D eigenvalue weighted by Crippen LogP contribution is 2.20. The van der Waals surface area contributed by atoms with Gasteiger partial charge in [-0.2, -0.15) is 0 Å². The van der Waals surface area contributed by atoms with Crippen LogP contribution in [-0.4, -0.2) is 75.7 Å². The summed E-state index contributed by atoms with van der Waals surface area (Å²) in [5.41, 5.74) is 2.01. The summed E-state index contributed by atoms with van der Waals surface area (Å²) in [7, 11) is 1.77. The van der Waals surface area contributed by atoms with Gasteiger partial charge in [-0.1, -0.05) is 6.07 Å². The van der Waals surface area contributed by atoms with Crippen molar-refractivity contribution in [1.82, 2.24) is 24.1 Å². The Morgan fingerprint density at radius 3 is 2.72 bits per heavy atom. The monoisotopic (exact) mass is 341 g/mol. The van der Waals surface area contributed by atoms with Gasteiger partial charge in [0.05, 0.1) is 11.6 Å². The first-order valence-corrected chi connectivity index (χ1v) is 8.78. The largest absolute Gasteiger partial charge is 0.345 e. The number of carbonyl (C=O) groups excluding carboxylic acids is 2. The number of hydrogen-bond acceptors (Lipinski definition) is 4. The molecule has 2 aromatic rings. The molecule has 2 fully saturated rings. The molecule has 2 amide bonds. The molecular formula is C18H23N5O2. The van der Waals surface area contributed by atoms with E-state index >= 15 is 0 Å². The first kappa shape index (κ1) is 16.1. The van der Waals surface area contributed by atoms with Crippen molar-refractivity contribution < 1.29 is 9.59 Å². The Balaban J connectivity index is 1.32. The second kappa shape index (κ2) is 6.48. The number of likely N-dealkylation sites (tertiary alicyclic amines) is 1. The highest BCUT2D eigenvalue weighted by Gasteiger charge is 2.35. The molecule has 0 radical (unpaired) electrons. The van der Waals surface area contributed by atoms with Crippen molar-refractivity contribution >= 4 is 17.5 Å². The molecule has 2 saturated heterocycles. The van der Waals surface area contributed by atoms with E-state index in [2.05, 4.69) is 16.1 Å². The molecule has 0 aromatic carbocycles. The van der Waals surface area contributed by atoms with Crippen molar-refractivity contribution in [2.24, 2.45) is 5.92 Å². The lowest BCUT2D eigenvalue weighted by Gasteiger charge is -2.35. The minimum Gasteiger partial charge on any atom is -0.345 e. The smallest absolute Gasteiger partial charge is 0.228 e. The topological polar surface area (TPSA) is 61.2 Å². The number of pyridine rings is 1. The zero-order chi connectivity index (χ0) is 17.4. The summed E-state index contributed by atoms with van der Waals surface area (Å²) in [4.78, 5) is 34.8. The number of nitrogens with zero attached hydrogens (tertiary/aromatic N) is 5. The molecule has 0 unspecified atom stereocenters. The molecule has 1 atom stereocenters. The summed E-state index contributed by atoms with van der Waals surface area (Å²) in [6.07, 6.45) is 4.42. The second-order valence-corrected chi connectivity index (χ2v) is 6.98. The normalized spacial score (nSPS) is 22.1. The maximum atomic E-state index is 12.6. The van der Waals surface area contributed by atoms with Gasteiger partial charge in [0.15, 0.2) is 0 Å². The van der Waals surface area contributed by atoms with Crippen LogP contribution in [0.1, 0.15) is 12.1 Å². The van der Waals surface area contributed by atoms with Gasteiger partial charge in [0.1, 0.15) is 5.65 Å². The summed E-state index contributed by atoms with van der Waals surface area (Å²) < 4.78 is 2.03. The Hall–Kier alpha value is -2.41. The molecule has 4 heterocycles. The first-order chi connectivity index (χ1) is 12.1. The molecular weight excluding hydrogens is 318 g/mol. The lowest BCUT2D eigenvalue weighted by atomic mass is 10.1. The fourth-order valence-electron chi connectivity index (χ4n) is 3.71. The molecule has 4 rings (SSSR count). The highest BCUT2D eigenvalue weighted by atomic mass is 16.2. The van der Waals surface area contributed by atoms with E-state index < -0.39 is 0 Å². The van der Waals surface area contributed by atoms with Crippen LogP contribution in [0.15, 0.2) is 30.6 Å². The number of imidazole rings is 1. The Morgan fingerprint density at radius 1 is 1.24 bits per heavy atom. The molecule has 25 heavy (non-hydrogen) atoms. The van der Waals surface area contributed by atoms with Crippen molar-refractivity contribution in [3.63, 3.8) is 0 Å². The fourth-order valence-corrected chi connectivity index (χ4v) is 3.71. The average Bonchev–Trinajstić information content (AvgIpc) is 3.17. The van der Waals surface area contributed by atoms with Crippen LogP contribution in [0.5, 0.6) is 0 Å². The van der Waals surface area contributed by atoms with Gasteiger partial charge >= 0.3 is 0 Å². The first-order valence-electron chi connectivity index (χ1n) is 8.78. The van der Waals surface area contributed by atoms with Crippen molar-refractivity contribution in [1.29, 1.82) is 0 Å². The number of fused-ring (bicyclic) bond motifs is 1. The summed E-state index contributed by atoms with van der Waals surface area (Å²) in [6.45, 7) is 4.49. The van der Waals surface area contributed by atoms with E-state index in [0.29, 0.717) is 13.0 Å². The second-order valence-electron chi connectivity index (χ2n) is 6.98. The predicted octanol–water partition coefficient (Wildman–Crippen LogP) is 0.457. The van der Waals surface area contributed by atoms with Crippen LogP contribution in [0.3, 0.4) is 0 Å². The number of hydrogen-bond donors (Lipinski definition) is 0. The van der Waals surface area contributed by atoms with E-state index in [9.17, 15) is 9.59 Å². The number of rotatable bonds is 3. The van der Waals surface area contributed by atoms with Crippen LogP contribution in [0, 0.1) is 5.92 Å². The van der Waals surface area contributed by atoms with Crippen LogP contribution >= 0.6 is 0 Å². The van der Waals surface area contributed by atoms with Gasteiger partial charge in [-0.05, 0) is 12.1 Å². The van der Waals surface area contributed by atoms with E-state index in [1.54, 1.807) is 11.9 Å². The maximum absolute atomic E-state index is 12.6. The van der Waals surface area contributed by atoms with Gasteiger partial charge in [0.2, 0.25) is 11.8 Å². The molecule has 2 aromatic heterocycles. The average molecular weight is 341 g/mol. The third kappa shape index (κ3) is 3.24. The van der Waals surface area contributed by atoms with Crippen LogP contribution < -0.4 is 0 Å². The summed E-state index contributed by atoms with van der Waals surface area (Å²) in [6, 6.07) is 5.98. The van der Waals surface area contributed by atoms with Crippen molar-refractivity contribution in [3.8, 4) is 0 Å². The van der Waals surface area contributed by atoms with Crippen LogP contribution in [0.2, 0.25) is 0 Å². The van der Waals surface area contributed by atoms with Gasteiger partial charge in [-0.25, -0.2) is 4.98 Å². The van der Waals surface area contributed by atoms with Gasteiger partial charge in [-0.15, -0.1) is 0 Å². The third-order valence-corrected chi connectivity index (χ3v) is 5.17. The standard InChI is InChI=1S/C18H23N5O2/c1-20-11-14(10-17(20)24)18(25)22-8-6-21(7-9-22)12-15-13-23-5-3-2-4-16(23)19-15/h2-5,13-14H,6-12H2,1H3/t14-/m1/s1. The van der Waals surface area contributed by atoms with E-state index in [-0.39, 0.29) is 17.7 Å². The van der Waals surface area contributed by atoms with Gasteiger partial charge in [-0.3, -0.25) is 14.5 Å². The molecule has 0 bridgehead atoms. The SMILES string of the molecule is CN1C[C@H](C(=O)N2CCN(Cc3cn4ccccc4n3)CC2)CC1=O. The molecule has 0 spiro atoms. The van der Waals surface area contributed by atoms with Crippen molar-refractivity contribution in [2.75, 3.05) is 39.8 Å². The van der Waals surface area contributed by atoms with Crippen LogP contribution in [0.4, 0.5) is 0 Å². The zero-order valence-electron chi connectivity index (χ0n) is 14.5. The molecule has 0 aliphatic carbocycles. The van der Waals surface area contributed by atoms with Crippen molar-refractivity contribution in [3.05, 3.63) is 36.3 Å². The Kier molecular flexibility index (Phi) is 4.17. The summed E-state index contributed by atoms with van der Waals surface area (Å²) in [5, 5.41) is 0. The predicted molar refractivity (Wildman–Crippen MR) is 92.8 cm³/mol. The molecule has 0 saturated carbocycles. The number of piperazine rings is 1. The molecule has 2 aliphatic rings. The minimum absolute atomic E-state index is 0.0730. The molecule has 2 aliphatic heterocycles. The zero-order valence-corrected chi connectivity index (χ0v) is 14.5. The van der Waals surface area contributed by atoms with Gasteiger partial charge < -0.3 is 14.2 Å². The Morgan fingerprint density at radius 2 is 2.04 bits per heavy atom.